The van der Waals surface area contributed by atoms with E-state index in [0.717, 1.165) is 83.1 Å². The maximum Gasteiger partial charge on any atom is 0.245 e. The van der Waals surface area contributed by atoms with Gasteiger partial charge in [0.05, 0.1) is 40.6 Å². The number of aromatic nitrogens is 6. The molecule has 0 atom stereocenters. The summed E-state index contributed by atoms with van der Waals surface area (Å²) in [7, 11) is 0. The molecule has 1 aromatic carbocycles. The summed E-state index contributed by atoms with van der Waals surface area (Å²) in [6, 6.07) is 4.44. The number of aromatic amines is 1. The monoisotopic (exact) mass is 544 g/mol. The van der Waals surface area contributed by atoms with E-state index in [2.05, 4.69) is 69.0 Å². The molecule has 0 bridgehead atoms. The number of hydrogen-bond acceptors (Lipinski definition) is 5. The van der Waals surface area contributed by atoms with E-state index in [1.807, 2.05) is 24.2 Å². The second-order valence-electron chi connectivity index (χ2n) is 12.1. The third kappa shape index (κ3) is 3.38. The second-order valence-corrected chi connectivity index (χ2v) is 12.4. The molecule has 1 amide bonds. The van der Waals surface area contributed by atoms with Gasteiger partial charge in [-0.1, -0.05) is 18.2 Å². The van der Waals surface area contributed by atoms with Crippen molar-refractivity contribution in [3.05, 3.63) is 59.2 Å². The number of carbonyl (C=O) groups excluding carboxylic acids is 1. The largest absolute Gasteiger partial charge is 0.342 e. The predicted octanol–water partition coefficient (Wildman–Crippen LogP) is 5.00. The highest BCUT2D eigenvalue weighted by molar-refractivity contribution is 6.36. The minimum Gasteiger partial charge on any atom is -0.342 e. The number of nitrogens with one attached hydrogen (secondary N) is 1. The van der Waals surface area contributed by atoms with Crippen LogP contribution in [-0.4, -0.2) is 60.2 Å². The van der Waals surface area contributed by atoms with Crippen molar-refractivity contribution >= 4 is 34.2 Å². The molecule has 202 valence electrons. The van der Waals surface area contributed by atoms with Crippen molar-refractivity contribution in [2.45, 2.75) is 58.7 Å². The molecular weight excluding hydrogens is 512 g/mol. The van der Waals surface area contributed by atoms with Gasteiger partial charge in [-0.25, -0.2) is 0 Å². The van der Waals surface area contributed by atoms with Crippen LogP contribution in [-0.2, 0) is 16.9 Å². The number of H-pyrrole nitrogens is 1. The number of carbonyl (C=O) groups is 1. The molecule has 0 unspecified atom stereocenters. The zero-order valence-electron chi connectivity index (χ0n) is 22.8. The summed E-state index contributed by atoms with van der Waals surface area (Å²) in [6.45, 7) is 15.5. The van der Waals surface area contributed by atoms with Crippen LogP contribution >= 0.6 is 11.6 Å². The van der Waals surface area contributed by atoms with Crippen molar-refractivity contribution in [3.8, 4) is 11.1 Å². The van der Waals surface area contributed by atoms with Gasteiger partial charge < -0.3 is 9.80 Å². The topological polar surface area (TPSA) is 87.9 Å². The molecule has 1 saturated carbocycles. The summed E-state index contributed by atoms with van der Waals surface area (Å²) in [6.07, 6.45) is 7.17. The summed E-state index contributed by atoms with van der Waals surface area (Å²) >= 11 is 7.10. The average Bonchev–Trinajstić information content (AvgIpc) is 3.58. The fraction of sp³-hybridized carbons (Fsp3) is 0.448. The molecule has 10 heteroatoms. The van der Waals surface area contributed by atoms with Crippen molar-refractivity contribution in [2.75, 3.05) is 24.5 Å². The lowest BCUT2D eigenvalue weighted by atomic mass is 9.60. The molecule has 1 aliphatic carbocycles. The number of hydrogen-bond donors (Lipinski definition) is 1. The van der Waals surface area contributed by atoms with E-state index >= 15 is 0 Å². The van der Waals surface area contributed by atoms with Gasteiger partial charge in [0.25, 0.3) is 0 Å². The minimum atomic E-state index is -0.318. The van der Waals surface area contributed by atoms with Crippen LogP contribution in [0.2, 0.25) is 5.02 Å². The van der Waals surface area contributed by atoms with Gasteiger partial charge in [-0.2, -0.15) is 15.3 Å². The molecule has 1 N–H and O–H groups in total. The Morgan fingerprint density at radius 3 is 2.72 bits per heavy atom. The number of nitrogens with zero attached hydrogens (tertiary/aromatic N) is 7. The van der Waals surface area contributed by atoms with Gasteiger partial charge in [0, 0.05) is 53.5 Å². The van der Waals surface area contributed by atoms with Crippen LogP contribution in [0.3, 0.4) is 0 Å². The van der Waals surface area contributed by atoms with Crippen LogP contribution in [0.25, 0.3) is 22.0 Å². The van der Waals surface area contributed by atoms with Crippen LogP contribution in [0.1, 0.15) is 49.7 Å². The first-order chi connectivity index (χ1) is 18.6. The van der Waals surface area contributed by atoms with Crippen LogP contribution in [0.5, 0.6) is 0 Å². The molecule has 4 aromatic rings. The number of anilines is 1. The first kappa shape index (κ1) is 24.5. The first-order valence-electron chi connectivity index (χ1n) is 13.6. The molecule has 5 heterocycles. The summed E-state index contributed by atoms with van der Waals surface area (Å²) in [4.78, 5) is 16.3. The molecule has 1 saturated heterocycles. The highest BCUT2D eigenvalue weighted by Gasteiger charge is 2.54. The minimum absolute atomic E-state index is 0.0220. The van der Waals surface area contributed by atoms with Crippen LogP contribution in [0.15, 0.2) is 37.2 Å². The van der Waals surface area contributed by atoms with E-state index in [9.17, 15) is 4.79 Å². The van der Waals surface area contributed by atoms with Gasteiger partial charge in [0.1, 0.15) is 0 Å². The number of rotatable bonds is 4. The van der Waals surface area contributed by atoms with Crippen molar-refractivity contribution in [1.82, 2.24) is 34.7 Å². The van der Waals surface area contributed by atoms with E-state index in [1.54, 1.807) is 0 Å². The van der Waals surface area contributed by atoms with Crippen molar-refractivity contribution in [3.63, 3.8) is 0 Å². The SMILES string of the molecule is C=CC(=O)N1CC2(CC(n3nc(N4CCn5nccc5C4(C)C)c(-c4c(Cl)c(C)cc5[nH]ncc45)c3C)C2)C1. The number of halogens is 1. The van der Waals surface area contributed by atoms with Gasteiger partial charge in [-0.3, -0.25) is 19.3 Å². The van der Waals surface area contributed by atoms with Crippen LogP contribution < -0.4 is 4.90 Å². The number of amides is 1. The van der Waals surface area contributed by atoms with Crippen LogP contribution in [0.4, 0.5) is 5.82 Å². The van der Waals surface area contributed by atoms with E-state index in [0.29, 0.717) is 0 Å². The van der Waals surface area contributed by atoms with Gasteiger partial charge in [0.15, 0.2) is 5.82 Å². The Morgan fingerprint density at radius 2 is 1.97 bits per heavy atom. The molecule has 39 heavy (non-hydrogen) atoms. The van der Waals surface area contributed by atoms with Gasteiger partial charge in [-0.15, -0.1) is 0 Å². The Labute approximate surface area is 232 Å². The number of benzene rings is 1. The molecule has 0 radical (unpaired) electrons. The number of likely N-dealkylation sites (tertiary alicyclic amines) is 1. The van der Waals surface area contributed by atoms with Gasteiger partial charge in [0.2, 0.25) is 5.91 Å². The third-order valence-corrected chi connectivity index (χ3v) is 9.76. The van der Waals surface area contributed by atoms with Crippen molar-refractivity contribution in [2.24, 2.45) is 5.41 Å². The molecule has 7 rings (SSSR count). The maximum absolute atomic E-state index is 12.0. The number of aryl methyl sites for hydroxylation is 1. The number of fused-ring (bicyclic) bond motifs is 2. The van der Waals surface area contributed by atoms with Crippen LogP contribution in [0, 0.1) is 19.3 Å². The Balaban J connectivity index is 1.35. The standard InChI is InChI=1S/C29H33ClN8O/c1-6-23(39)35-15-29(16-35)12-19(13-29)38-18(3)24(25-20-14-31-33-21(20)11-17(2)26(25)30)27(34-38)36-9-10-37-22(7-8-32-37)28(36,4)5/h6-8,11,14,19H,1,9-10,12-13,15-16H2,2-5H3,(H,31,33). The lowest BCUT2D eigenvalue weighted by Crippen LogP contribution is -2.63. The fourth-order valence-corrected chi connectivity index (χ4v) is 7.47. The molecule has 3 aliphatic rings. The van der Waals surface area contributed by atoms with Gasteiger partial charge >= 0.3 is 0 Å². The van der Waals surface area contributed by atoms with E-state index in [1.165, 1.54) is 11.8 Å². The lowest BCUT2D eigenvalue weighted by Gasteiger charge is -2.58. The summed E-state index contributed by atoms with van der Waals surface area (Å²) in [5.41, 5.74) is 6.15. The normalized spacial score (nSPS) is 19.7. The Kier molecular flexibility index (Phi) is 5.15. The average molecular weight is 545 g/mol. The second kappa shape index (κ2) is 8.21. The first-order valence-corrected chi connectivity index (χ1v) is 13.9. The van der Waals surface area contributed by atoms with Gasteiger partial charge in [-0.05, 0) is 64.3 Å². The highest BCUT2D eigenvalue weighted by Crippen LogP contribution is 2.56. The Bertz CT molecular complexity index is 1640. The molecule has 2 aliphatic heterocycles. The smallest absolute Gasteiger partial charge is 0.245 e. The van der Waals surface area contributed by atoms with E-state index in [4.69, 9.17) is 16.7 Å². The third-order valence-electron chi connectivity index (χ3n) is 9.28. The fourth-order valence-electron chi connectivity index (χ4n) is 7.22. The summed E-state index contributed by atoms with van der Waals surface area (Å²) < 4.78 is 4.32. The predicted molar refractivity (Wildman–Crippen MR) is 152 cm³/mol. The van der Waals surface area contributed by atoms with E-state index in [-0.39, 0.29) is 22.9 Å². The maximum atomic E-state index is 12.0. The lowest BCUT2D eigenvalue weighted by molar-refractivity contribution is -0.149. The van der Waals surface area contributed by atoms with E-state index < -0.39 is 0 Å². The molecule has 1 spiro atoms. The highest BCUT2D eigenvalue weighted by atomic mass is 35.5. The zero-order valence-corrected chi connectivity index (χ0v) is 23.6. The summed E-state index contributed by atoms with van der Waals surface area (Å²) in [5.74, 6) is 0.965. The quantitative estimate of drug-likeness (QED) is 0.365. The Morgan fingerprint density at radius 1 is 1.21 bits per heavy atom. The molecule has 2 fully saturated rings. The van der Waals surface area contributed by atoms with Crippen molar-refractivity contribution < 1.29 is 4.79 Å². The molecule has 9 nitrogen and oxygen atoms in total. The summed E-state index contributed by atoms with van der Waals surface area (Å²) in [5, 5.41) is 19.1. The Hall–Kier alpha value is -3.59. The van der Waals surface area contributed by atoms with Crippen molar-refractivity contribution in [1.29, 1.82) is 0 Å². The zero-order chi connectivity index (χ0) is 27.3. The molecular formula is C29H33ClN8O. The molecule has 3 aromatic heterocycles.